The van der Waals surface area contributed by atoms with Gasteiger partial charge in [0.15, 0.2) is 5.78 Å². The van der Waals surface area contributed by atoms with Gasteiger partial charge in [-0.1, -0.05) is 39.8 Å². The van der Waals surface area contributed by atoms with E-state index in [0.717, 1.165) is 12.1 Å². The largest absolute Gasteiger partial charge is 0.491 e. The summed E-state index contributed by atoms with van der Waals surface area (Å²) in [5.41, 5.74) is 8.95. The van der Waals surface area contributed by atoms with Crippen LogP contribution in [0.4, 0.5) is 24.5 Å². The summed E-state index contributed by atoms with van der Waals surface area (Å²) in [6.45, 7) is 6.08. The van der Waals surface area contributed by atoms with Crippen LogP contribution in [0, 0.1) is 11.8 Å². The predicted molar refractivity (Wildman–Crippen MR) is 166 cm³/mol. The Morgan fingerprint density at radius 2 is 1.24 bits per heavy atom. The quantitative estimate of drug-likeness (QED) is 0.0778. The van der Waals surface area contributed by atoms with Crippen molar-refractivity contribution < 1.29 is 61.8 Å². The number of hydroxylamine groups is 2. The number of ether oxygens (including phenoxy) is 3. The molecule has 49 heavy (non-hydrogen) atoms. The Hall–Kier alpha value is -4.58. The van der Waals surface area contributed by atoms with Crippen LogP contribution in [0.2, 0.25) is 0 Å². The number of rotatable bonds is 15. The van der Waals surface area contributed by atoms with Gasteiger partial charge in [-0.15, -0.1) is 0 Å². The fourth-order valence-electron chi connectivity index (χ4n) is 4.68. The standard InChI is InChI=1S/C32H39F3N4O10/c1-16(2)25(36)29(42)47-14-6-12-38(45)19-9-5-8-18-22(19)28(41)24-21(49-31(44)32(33,34)35)11-10-20(23(24)27(18)40)39(46)13-7-15-48-30(43)26(37)17(3)4/h5,8-11,16-17,25-26,45-46H,6-7,12-15,36-37H2,1-4H3/t25-,26-/m0/s1. The first kappa shape index (κ1) is 38.9. The summed E-state index contributed by atoms with van der Waals surface area (Å²) in [5, 5.41) is 22.9. The Morgan fingerprint density at radius 3 is 1.71 bits per heavy atom. The van der Waals surface area contributed by atoms with Gasteiger partial charge in [0, 0.05) is 31.5 Å². The molecule has 3 rings (SSSR count). The van der Waals surface area contributed by atoms with Crippen LogP contribution in [0.25, 0.3) is 0 Å². The van der Waals surface area contributed by atoms with Crippen LogP contribution in [0.15, 0.2) is 30.3 Å². The van der Waals surface area contributed by atoms with E-state index < -0.39 is 70.2 Å². The third kappa shape index (κ3) is 9.11. The first-order valence-electron chi connectivity index (χ1n) is 15.3. The first-order chi connectivity index (χ1) is 22.9. The number of carbonyl (C=O) groups is 5. The highest BCUT2D eigenvalue weighted by Crippen LogP contribution is 2.42. The van der Waals surface area contributed by atoms with E-state index in [1.807, 2.05) is 0 Å². The molecule has 268 valence electrons. The number of esters is 3. The molecule has 0 saturated heterocycles. The highest BCUT2D eigenvalue weighted by Gasteiger charge is 2.44. The summed E-state index contributed by atoms with van der Waals surface area (Å²) in [4.78, 5) is 63.7. The van der Waals surface area contributed by atoms with E-state index >= 15 is 0 Å². The van der Waals surface area contributed by atoms with Crippen molar-refractivity contribution in [2.45, 2.75) is 58.8 Å². The molecule has 1 aliphatic rings. The molecule has 17 heteroatoms. The highest BCUT2D eigenvalue weighted by atomic mass is 19.4. The molecule has 14 nitrogen and oxygen atoms in total. The molecule has 0 saturated carbocycles. The van der Waals surface area contributed by atoms with Gasteiger partial charge in [0.1, 0.15) is 17.8 Å². The van der Waals surface area contributed by atoms with E-state index in [-0.39, 0.29) is 67.9 Å². The smallest absolute Gasteiger partial charge is 0.464 e. The molecule has 0 unspecified atom stereocenters. The summed E-state index contributed by atoms with van der Waals surface area (Å²) in [6, 6.07) is 3.92. The van der Waals surface area contributed by atoms with Gasteiger partial charge in [-0.05, 0) is 30.0 Å². The molecule has 2 aromatic rings. The number of fused-ring (bicyclic) bond motifs is 2. The monoisotopic (exact) mass is 696 g/mol. The van der Waals surface area contributed by atoms with Crippen LogP contribution in [0.3, 0.4) is 0 Å². The Bertz CT molecular complexity index is 1580. The van der Waals surface area contributed by atoms with Crippen molar-refractivity contribution in [1.82, 2.24) is 0 Å². The molecule has 2 atom stereocenters. The molecule has 0 bridgehead atoms. The molecule has 1 aliphatic carbocycles. The molecule has 0 heterocycles. The van der Waals surface area contributed by atoms with Gasteiger partial charge in [-0.25, -0.2) is 4.79 Å². The number of anilines is 2. The zero-order chi connectivity index (χ0) is 36.8. The Balaban J connectivity index is 1.93. The van der Waals surface area contributed by atoms with Crippen LogP contribution >= 0.6 is 0 Å². The summed E-state index contributed by atoms with van der Waals surface area (Å²) in [5.74, 6) is -7.31. The third-order valence-corrected chi connectivity index (χ3v) is 7.60. The van der Waals surface area contributed by atoms with Gasteiger partial charge in [0.05, 0.1) is 41.3 Å². The minimum atomic E-state index is -5.46. The van der Waals surface area contributed by atoms with E-state index in [9.17, 15) is 47.6 Å². The molecular weight excluding hydrogens is 657 g/mol. The Labute approximate surface area is 279 Å². The maximum atomic E-state index is 14.0. The van der Waals surface area contributed by atoms with E-state index in [1.54, 1.807) is 27.7 Å². The second-order valence-corrected chi connectivity index (χ2v) is 11.9. The third-order valence-electron chi connectivity index (χ3n) is 7.60. The number of carbonyl (C=O) groups excluding carboxylic acids is 5. The van der Waals surface area contributed by atoms with E-state index in [0.29, 0.717) is 10.1 Å². The summed E-state index contributed by atoms with van der Waals surface area (Å²) in [7, 11) is 0. The van der Waals surface area contributed by atoms with Crippen molar-refractivity contribution in [3.05, 3.63) is 52.6 Å². The van der Waals surface area contributed by atoms with Crippen molar-refractivity contribution in [2.24, 2.45) is 23.3 Å². The normalized spacial score (nSPS) is 13.8. The number of ketones is 2. The fraction of sp³-hybridized carbons (Fsp3) is 0.469. The maximum absolute atomic E-state index is 14.0. The zero-order valence-electron chi connectivity index (χ0n) is 27.3. The molecule has 0 fully saturated rings. The minimum Gasteiger partial charge on any atom is -0.464 e. The van der Waals surface area contributed by atoms with Crippen LogP contribution < -0.4 is 26.3 Å². The minimum absolute atomic E-state index is 0.00764. The predicted octanol–water partition coefficient (Wildman–Crippen LogP) is 3.15. The average molecular weight is 697 g/mol. The number of nitrogens with two attached hydrogens (primary N) is 2. The van der Waals surface area contributed by atoms with Crippen LogP contribution in [0.5, 0.6) is 5.75 Å². The van der Waals surface area contributed by atoms with E-state index in [4.69, 9.17) is 20.9 Å². The van der Waals surface area contributed by atoms with Gasteiger partial charge < -0.3 is 25.7 Å². The van der Waals surface area contributed by atoms with E-state index in [1.165, 1.54) is 18.2 Å². The van der Waals surface area contributed by atoms with Gasteiger partial charge in [0.25, 0.3) is 0 Å². The molecule has 2 aromatic carbocycles. The van der Waals surface area contributed by atoms with Crippen molar-refractivity contribution in [1.29, 1.82) is 0 Å². The van der Waals surface area contributed by atoms with Gasteiger partial charge in [-0.2, -0.15) is 13.2 Å². The lowest BCUT2D eigenvalue weighted by atomic mass is 9.81. The highest BCUT2D eigenvalue weighted by molar-refractivity contribution is 6.32. The van der Waals surface area contributed by atoms with Crippen molar-refractivity contribution >= 4 is 40.8 Å². The molecule has 6 N–H and O–H groups in total. The summed E-state index contributed by atoms with van der Waals surface area (Å²) < 4.78 is 54.2. The van der Waals surface area contributed by atoms with Gasteiger partial charge >= 0.3 is 24.1 Å². The van der Waals surface area contributed by atoms with E-state index in [2.05, 4.69) is 4.74 Å². The number of alkyl halides is 3. The van der Waals surface area contributed by atoms with Gasteiger partial charge in [0.2, 0.25) is 5.78 Å². The molecule has 0 aromatic heterocycles. The SMILES string of the molecule is CC(C)[C@H](N)C(=O)OCCCN(O)c1cccc2c1C(=O)c1c(OC(=O)C(F)(F)F)ccc(N(O)CCCOC(=O)[C@@H](N)C(C)C)c1C2=O. The van der Waals surface area contributed by atoms with Crippen LogP contribution in [0.1, 0.15) is 72.4 Å². The van der Waals surface area contributed by atoms with Crippen molar-refractivity contribution in [3.63, 3.8) is 0 Å². The van der Waals surface area contributed by atoms with Crippen molar-refractivity contribution in [2.75, 3.05) is 36.4 Å². The number of halogens is 3. The Kier molecular flexibility index (Phi) is 12.9. The second-order valence-electron chi connectivity index (χ2n) is 11.9. The summed E-state index contributed by atoms with van der Waals surface area (Å²) in [6.07, 6.45) is -5.40. The molecule has 0 radical (unpaired) electrons. The summed E-state index contributed by atoms with van der Waals surface area (Å²) >= 11 is 0. The lowest BCUT2D eigenvalue weighted by Crippen LogP contribution is -2.37. The topological polar surface area (TPSA) is 212 Å². The van der Waals surface area contributed by atoms with Crippen molar-refractivity contribution in [3.8, 4) is 5.75 Å². The fourth-order valence-corrected chi connectivity index (χ4v) is 4.68. The zero-order valence-corrected chi connectivity index (χ0v) is 27.3. The number of hydrogen-bond acceptors (Lipinski definition) is 14. The molecule has 0 spiro atoms. The van der Waals surface area contributed by atoms with Gasteiger partial charge in [-0.3, -0.25) is 39.7 Å². The van der Waals surface area contributed by atoms with Crippen LogP contribution in [-0.2, 0) is 23.9 Å². The lowest BCUT2D eigenvalue weighted by Gasteiger charge is -2.28. The molecular formula is C32H39F3N4O10. The molecule has 0 amide bonds. The number of nitrogens with zero attached hydrogens (tertiary/aromatic N) is 2. The second kappa shape index (κ2) is 16.2. The number of hydrogen-bond donors (Lipinski definition) is 4. The Morgan fingerprint density at radius 1 is 0.755 bits per heavy atom. The average Bonchev–Trinajstić information content (AvgIpc) is 3.05. The van der Waals surface area contributed by atoms with Crippen LogP contribution in [-0.4, -0.2) is 84.5 Å². The lowest BCUT2D eigenvalue weighted by molar-refractivity contribution is -0.189. The maximum Gasteiger partial charge on any atom is 0.491 e. The molecule has 0 aliphatic heterocycles. The first-order valence-corrected chi connectivity index (χ1v) is 15.3. The number of benzene rings is 2.